The average Bonchev–Trinajstić information content (AvgIpc) is 2.90. The molecule has 20 heavy (non-hydrogen) atoms. The maximum absolute atomic E-state index is 12.2. The van der Waals surface area contributed by atoms with Crippen LogP contribution in [0, 0.1) is 11.8 Å². The van der Waals surface area contributed by atoms with Crippen LogP contribution >= 0.6 is 0 Å². The summed E-state index contributed by atoms with van der Waals surface area (Å²) in [6, 6.07) is 0.0207. The number of carbonyl (C=O) groups is 2. The summed E-state index contributed by atoms with van der Waals surface area (Å²) in [5.41, 5.74) is -0.538. The predicted octanol–water partition coefficient (Wildman–Crippen LogP) is 2.51. The molecule has 5 nitrogen and oxygen atoms in total. The highest BCUT2D eigenvalue weighted by Gasteiger charge is 2.38. The molecule has 0 saturated heterocycles. The Morgan fingerprint density at radius 1 is 1.20 bits per heavy atom. The molecule has 0 aromatic carbocycles. The van der Waals surface area contributed by atoms with E-state index in [0.717, 1.165) is 38.5 Å². The van der Waals surface area contributed by atoms with Gasteiger partial charge in [0.15, 0.2) is 0 Å². The SMILES string of the molecule is CC1CCC(NC(=O)NC2(CC(=O)O)CCCC2)C1C. The molecule has 0 spiro atoms. The molecule has 3 unspecified atom stereocenters. The smallest absolute Gasteiger partial charge is 0.315 e. The highest BCUT2D eigenvalue weighted by Crippen LogP contribution is 2.33. The number of carboxylic acids is 1. The first-order valence-electron chi connectivity index (χ1n) is 7.72. The first kappa shape index (κ1) is 15.1. The van der Waals surface area contributed by atoms with Gasteiger partial charge in [0, 0.05) is 6.04 Å². The van der Waals surface area contributed by atoms with E-state index in [-0.39, 0.29) is 18.5 Å². The zero-order valence-corrected chi connectivity index (χ0v) is 12.4. The lowest BCUT2D eigenvalue weighted by Gasteiger charge is -2.30. The molecule has 0 radical (unpaired) electrons. The molecule has 2 rings (SSSR count). The zero-order chi connectivity index (χ0) is 14.8. The van der Waals surface area contributed by atoms with Crippen LogP contribution in [0.4, 0.5) is 4.79 Å². The van der Waals surface area contributed by atoms with Crippen LogP contribution in [0.2, 0.25) is 0 Å². The van der Waals surface area contributed by atoms with Gasteiger partial charge in [0.25, 0.3) is 0 Å². The number of carboxylic acid groups (broad SMARTS) is 1. The minimum atomic E-state index is -0.838. The van der Waals surface area contributed by atoms with E-state index in [4.69, 9.17) is 5.11 Å². The van der Waals surface area contributed by atoms with Gasteiger partial charge in [-0.15, -0.1) is 0 Å². The molecular formula is C15H26N2O3. The standard InChI is InChI=1S/C15H26N2O3/c1-10-5-6-12(11(10)2)16-14(20)17-15(9-13(18)19)7-3-4-8-15/h10-12H,3-9H2,1-2H3,(H,18,19)(H2,16,17,20). The van der Waals surface area contributed by atoms with Crippen molar-refractivity contribution in [3.63, 3.8) is 0 Å². The van der Waals surface area contributed by atoms with Crippen molar-refractivity contribution in [2.75, 3.05) is 0 Å². The first-order valence-corrected chi connectivity index (χ1v) is 7.72. The van der Waals surface area contributed by atoms with E-state index < -0.39 is 11.5 Å². The molecule has 5 heteroatoms. The van der Waals surface area contributed by atoms with Gasteiger partial charge in [0.1, 0.15) is 0 Å². The number of rotatable bonds is 4. The van der Waals surface area contributed by atoms with Crippen LogP contribution in [-0.2, 0) is 4.79 Å². The topological polar surface area (TPSA) is 78.4 Å². The third kappa shape index (κ3) is 3.44. The Morgan fingerprint density at radius 2 is 1.85 bits per heavy atom. The predicted molar refractivity (Wildman–Crippen MR) is 76.5 cm³/mol. The summed E-state index contributed by atoms with van der Waals surface area (Å²) < 4.78 is 0. The van der Waals surface area contributed by atoms with Gasteiger partial charge in [0.2, 0.25) is 0 Å². The summed E-state index contributed by atoms with van der Waals surface area (Å²) in [7, 11) is 0. The molecule has 3 N–H and O–H groups in total. The summed E-state index contributed by atoms with van der Waals surface area (Å²) in [5, 5.41) is 15.0. The number of amides is 2. The van der Waals surface area contributed by atoms with Crippen LogP contribution in [-0.4, -0.2) is 28.7 Å². The van der Waals surface area contributed by atoms with Gasteiger partial charge in [-0.1, -0.05) is 26.7 Å². The monoisotopic (exact) mass is 282 g/mol. The lowest BCUT2D eigenvalue weighted by atomic mass is 9.93. The maximum Gasteiger partial charge on any atom is 0.315 e. The minimum Gasteiger partial charge on any atom is -0.481 e. The molecule has 2 aliphatic carbocycles. The molecule has 2 saturated carbocycles. The number of nitrogens with one attached hydrogen (secondary N) is 2. The van der Waals surface area contributed by atoms with E-state index in [9.17, 15) is 9.59 Å². The summed E-state index contributed by atoms with van der Waals surface area (Å²) in [4.78, 5) is 23.2. The van der Waals surface area contributed by atoms with Crippen LogP contribution in [0.25, 0.3) is 0 Å². The van der Waals surface area contributed by atoms with Gasteiger partial charge >= 0.3 is 12.0 Å². The molecular weight excluding hydrogens is 256 g/mol. The Labute approximate surface area is 120 Å². The van der Waals surface area contributed by atoms with Crippen LogP contribution in [0.5, 0.6) is 0 Å². The summed E-state index contributed by atoms with van der Waals surface area (Å²) >= 11 is 0. The molecule has 0 aromatic rings. The van der Waals surface area contributed by atoms with Gasteiger partial charge < -0.3 is 15.7 Å². The lowest BCUT2D eigenvalue weighted by Crippen LogP contribution is -2.54. The fourth-order valence-corrected chi connectivity index (χ4v) is 3.70. The third-order valence-electron chi connectivity index (χ3n) is 5.21. The van der Waals surface area contributed by atoms with E-state index in [0.29, 0.717) is 11.8 Å². The van der Waals surface area contributed by atoms with E-state index >= 15 is 0 Å². The van der Waals surface area contributed by atoms with Crippen molar-refractivity contribution in [1.82, 2.24) is 10.6 Å². The minimum absolute atomic E-state index is 0.0248. The van der Waals surface area contributed by atoms with Gasteiger partial charge in [0.05, 0.1) is 12.0 Å². The van der Waals surface area contributed by atoms with Crippen molar-refractivity contribution in [1.29, 1.82) is 0 Å². The van der Waals surface area contributed by atoms with E-state index in [1.54, 1.807) is 0 Å². The van der Waals surface area contributed by atoms with Crippen LogP contribution in [0.3, 0.4) is 0 Å². The fourth-order valence-electron chi connectivity index (χ4n) is 3.70. The summed E-state index contributed by atoms with van der Waals surface area (Å²) in [6.45, 7) is 4.39. The second-order valence-electron chi connectivity index (χ2n) is 6.68. The Bertz CT molecular complexity index is 377. The number of carbonyl (C=O) groups excluding carboxylic acids is 1. The second kappa shape index (κ2) is 6.02. The Morgan fingerprint density at radius 3 is 2.35 bits per heavy atom. The molecule has 2 fully saturated rings. The van der Waals surface area contributed by atoms with E-state index in [2.05, 4.69) is 24.5 Å². The molecule has 0 heterocycles. The number of aliphatic carboxylic acids is 1. The lowest BCUT2D eigenvalue weighted by molar-refractivity contribution is -0.138. The number of urea groups is 1. The fraction of sp³-hybridized carbons (Fsp3) is 0.867. The first-order chi connectivity index (χ1) is 9.42. The molecule has 2 aliphatic rings. The van der Waals surface area contributed by atoms with Crippen molar-refractivity contribution >= 4 is 12.0 Å². The van der Waals surface area contributed by atoms with Gasteiger partial charge in [-0.05, 0) is 37.5 Å². The van der Waals surface area contributed by atoms with Crippen LogP contribution in [0.15, 0.2) is 0 Å². The molecule has 0 bridgehead atoms. The number of hydrogen-bond donors (Lipinski definition) is 3. The highest BCUT2D eigenvalue weighted by molar-refractivity contribution is 5.77. The largest absolute Gasteiger partial charge is 0.481 e. The van der Waals surface area contributed by atoms with Crippen molar-refractivity contribution in [3.05, 3.63) is 0 Å². The van der Waals surface area contributed by atoms with Gasteiger partial charge in [-0.3, -0.25) is 4.79 Å². The molecule has 114 valence electrons. The molecule has 3 atom stereocenters. The highest BCUT2D eigenvalue weighted by atomic mass is 16.4. The van der Waals surface area contributed by atoms with Gasteiger partial charge in [-0.2, -0.15) is 0 Å². The van der Waals surface area contributed by atoms with Crippen molar-refractivity contribution < 1.29 is 14.7 Å². The Kier molecular flexibility index (Phi) is 4.55. The third-order valence-corrected chi connectivity index (χ3v) is 5.21. The van der Waals surface area contributed by atoms with Crippen molar-refractivity contribution in [2.24, 2.45) is 11.8 Å². The maximum atomic E-state index is 12.2. The number of hydrogen-bond acceptors (Lipinski definition) is 2. The summed E-state index contributed by atoms with van der Waals surface area (Å²) in [6.07, 6.45) is 5.70. The quantitative estimate of drug-likeness (QED) is 0.741. The second-order valence-corrected chi connectivity index (χ2v) is 6.68. The Balaban J connectivity index is 1.90. The normalized spacial score (nSPS) is 32.0. The molecule has 0 aromatic heterocycles. The average molecular weight is 282 g/mol. The molecule has 0 aliphatic heterocycles. The van der Waals surface area contributed by atoms with Gasteiger partial charge in [-0.25, -0.2) is 4.79 Å². The van der Waals surface area contributed by atoms with E-state index in [1.807, 2.05) is 0 Å². The van der Waals surface area contributed by atoms with Crippen LogP contribution in [0.1, 0.15) is 58.8 Å². The van der Waals surface area contributed by atoms with E-state index in [1.165, 1.54) is 0 Å². The van der Waals surface area contributed by atoms with Crippen molar-refractivity contribution in [3.8, 4) is 0 Å². The Hall–Kier alpha value is -1.26. The summed E-state index contributed by atoms with van der Waals surface area (Å²) in [5.74, 6) is 0.287. The zero-order valence-electron chi connectivity index (χ0n) is 12.4. The van der Waals surface area contributed by atoms with Crippen molar-refractivity contribution in [2.45, 2.75) is 70.4 Å². The molecule has 2 amide bonds. The van der Waals surface area contributed by atoms with Crippen LogP contribution < -0.4 is 10.6 Å².